The molecule has 1 fully saturated rings. The van der Waals surface area contributed by atoms with E-state index >= 15 is 0 Å². The van der Waals surface area contributed by atoms with E-state index in [2.05, 4.69) is 19.9 Å². The third kappa shape index (κ3) is 4.13. The Morgan fingerprint density at radius 2 is 1.81 bits per heavy atom. The number of nitrogens with zero attached hydrogens (tertiary/aromatic N) is 6. The molecule has 0 aliphatic carbocycles. The van der Waals surface area contributed by atoms with Gasteiger partial charge in [0.25, 0.3) is 0 Å². The van der Waals surface area contributed by atoms with Gasteiger partial charge in [-0.15, -0.1) is 0 Å². The smallest absolute Gasteiger partial charge is 0.223 e. The number of aromatic nitrogens is 6. The van der Waals surface area contributed by atoms with Crippen LogP contribution in [0.3, 0.4) is 0 Å². The number of carbonyl (C=O) groups excluding carboxylic acids is 1. The van der Waals surface area contributed by atoms with Crippen LogP contribution in [0.15, 0.2) is 73.4 Å². The highest BCUT2D eigenvalue weighted by atomic mass is 16.5. The van der Waals surface area contributed by atoms with Crippen molar-refractivity contribution in [3.63, 3.8) is 0 Å². The number of H-pyrrole nitrogens is 1. The molecule has 10 nitrogen and oxygen atoms in total. The molecule has 1 saturated heterocycles. The first-order valence-corrected chi connectivity index (χ1v) is 11.7. The zero-order chi connectivity index (χ0) is 24.5. The lowest BCUT2D eigenvalue weighted by Crippen LogP contribution is -2.51. The number of anilines is 1. The number of likely N-dealkylation sites (tertiary alicyclic amines) is 1. The Bertz CT molecular complexity index is 1490. The lowest BCUT2D eigenvalue weighted by molar-refractivity contribution is -0.137. The number of carbonyl (C=O) groups is 1. The van der Waals surface area contributed by atoms with Crippen molar-refractivity contribution in [3.8, 4) is 22.8 Å². The predicted molar refractivity (Wildman–Crippen MR) is 134 cm³/mol. The molecule has 3 N–H and O–H groups in total. The highest BCUT2D eigenvalue weighted by molar-refractivity contribution is 5.98. The van der Waals surface area contributed by atoms with Crippen molar-refractivity contribution in [2.45, 2.75) is 18.9 Å². The van der Waals surface area contributed by atoms with Crippen molar-refractivity contribution in [1.82, 2.24) is 34.6 Å². The molecule has 4 heterocycles. The summed E-state index contributed by atoms with van der Waals surface area (Å²) in [7, 11) is 0. The van der Waals surface area contributed by atoms with Gasteiger partial charge in [-0.2, -0.15) is 5.10 Å². The second-order valence-corrected chi connectivity index (χ2v) is 8.70. The van der Waals surface area contributed by atoms with Gasteiger partial charge in [0.05, 0.1) is 23.4 Å². The fourth-order valence-electron chi connectivity index (χ4n) is 4.39. The second kappa shape index (κ2) is 9.14. The molecule has 0 bridgehead atoms. The van der Waals surface area contributed by atoms with E-state index in [4.69, 9.17) is 15.6 Å². The van der Waals surface area contributed by atoms with Crippen LogP contribution in [0.1, 0.15) is 18.2 Å². The number of nitrogen functional groups attached to an aromatic ring is 1. The maximum atomic E-state index is 12.6. The molecule has 0 unspecified atom stereocenters. The number of para-hydroxylation sites is 1. The number of aryl methyl sites for hydroxylation is 1. The van der Waals surface area contributed by atoms with Crippen molar-refractivity contribution in [3.05, 3.63) is 79.1 Å². The fraction of sp³-hybridized carbons (Fsp3) is 0.192. The van der Waals surface area contributed by atoms with Crippen molar-refractivity contribution >= 4 is 22.8 Å². The number of hydrogen-bond donors (Lipinski definition) is 2. The van der Waals surface area contributed by atoms with E-state index in [0.29, 0.717) is 48.5 Å². The molecule has 10 heteroatoms. The molecule has 180 valence electrons. The summed E-state index contributed by atoms with van der Waals surface area (Å²) in [6, 6.07) is 17.3. The molecule has 1 aliphatic rings. The summed E-state index contributed by atoms with van der Waals surface area (Å²) in [5.74, 6) is 1.97. The maximum absolute atomic E-state index is 12.6. The molecule has 36 heavy (non-hydrogen) atoms. The molecule has 5 aromatic rings. The molecular weight excluding hydrogens is 456 g/mol. The van der Waals surface area contributed by atoms with Crippen LogP contribution in [0.25, 0.3) is 22.3 Å². The van der Waals surface area contributed by atoms with Crippen LogP contribution >= 0.6 is 0 Å². The Morgan fingerprint density at radius 1 is 1.03 bits per heavy atom. The summed E-state index contributed by atoms with van der Waals surface area (Å²) >= 11 is 0. The first-order valence-electron chi connectivity index (χ1n) is 11.7. The highest BCUT2D eigenvalue weighted by Crippen LogP contribution is 2.35. The van der Waals surface area contributed by atoms with E-state index in [-0.39, 0.29) is 11.9 Å². The number of nitrogens with two attached hydrogens (primary N) is 1. The van der Waals surface area contributed by atoms with Gasteiger partial charge in [-0.25, -0.2) is 19.6 Å². The Labute approximate surface area is 206 Å². The van der Waals surface area contributed by atoms with Crippen LogP contribution in [0, 0.1) is 0 Å². The van der Waals surface area contributed by atoms with Crippen molar-refractivity contribution in [1.29, 1.82) is 0 Å². The van der Waals surface area contributed by atoms with Crippen LogP contribution < -0.4 is 10.5 Å². The second-order valence-electron chi connectivity index (χ2n) is 8.70. The maximum Gasteiger partial charge on any atom is 0.223 e. The fourth-order valence-corrected chi connectivity index (χ4v) is 4.39. The molecule has 0 atom stereocenters. The van der Waals surface area contributed by atoms with E-state index in [0.717, 1.165) is 22.8 Å². The third-order valence-electron chi connectivity index (χ3n) is 6.34. The molecule has 0 spiro atoms. The van der Waals surface area contributed by atoms with Crippen LogP contribution in [-0.2, 0) is 11.2 Å². The standard InChI is InChI=1S/C26H24N8O2/c27-25-23-24(17-6-9-21(10-7-17)36-20-4-2-1-3-5-20)32-34(26(23)31-16-30-25)19-13-33(14-19)22(35)11-8-18-12-28-15-29-18/h1-7,9-10,12,15-16,19H,8,11,13-14H2,(H,28,29)(H2,27,30,31). The number of nitrogens with one attached hydrogen (secondary N) is 1. The number of fused-ring (bicyclic) bond motifs is 1. The van der Waals surface area contributed by atoms with Gasteiger partial charge >= 0.3 is 0 Å². The molecular formula is C26H24N8O2. The lowest BCUT2D eigenvalue weighted by atomic mass is 10.1. The van der Waals surface area contributed by atoms with Gasteiger partial charge in [0.1, 0.15) is 29.3 Å². The number of imidazole rings is 1. The lowest BCUT2D eigenvalue weighted by Gasteiger charge is -2.39. The first-order chi connectivity index (χ1) is 17.7. The first kappa shape index (κ1) is 21.8. The van der Waals surface area contributed by atoms with Gasteiger partial charge in [0, 0.05) is 31.3 Å². The largest absolute Gasteiger partial charge is 0.457 e. The van der Waals surface area contributed by atoms with Gasteiger partial charge < -0.3 is 20.4 Å². The number of hydrogen-bond acceptors (Lipinski definition) is 7. The highest BCUT2D eigenvalue weighted by Gasteiger charge is 2.34. The summed E-state index contributed by atoms with van der Waals surface area (Å²) in [6.45, 7) is 1.15. The van der Waals surface area contributed by atoms with Crippen LogP contribution in [-0.4, -0.2) is 53.6 Å². The Balaban J connectivity index is 1.21. The molecule has 1 aliphatic heterocycles. The van der Waals surface area contributed by atoms with Gasteiger partial charge in [-0.05, 0) is 42.8 Å². The van der Waals surface area contributed by atoms with Crippen molar-refractivity contribution in [2.24, 2.45) is 0 Å². The molecule has 0 saturated carbocycles. The summed E-state index contributed by atoms with van der Waals surface area (Å²) in [5.41, 5.74) is 9.39. The summed E-state index contributed by atoms with van der Waals surface area (Å²) in [4.78, 5) is 30.2. The molecule has 3 aromatic heterocycles. The summed E-state index contributed by atoms with van der Waals surface area (Å²) in [6.07, 6.45) is 5.93. The Hall–Kier alpha value is -4.73. The van der Waals surface area contributed by atoms with Crippen molar-refractivity contribution < 1.29 is 9.53 Å². The van der Waals surface area contributed by atoms with Gasteiger partial charge in [-0.3, -0.25) is 4.79 Å². The molecule has 2 aromatic carbocycles. The Kier molecular flexibility index (Phi) is 5.53. The number of rotatable bonds is 7. The van der Waals surface area contributed by atoms with Crippen LogP contribution in [0.2, 0.25) is 0 Å². The number of amides is 1. The average Bonchev–Trinajstić information content (AvgIpc) is 3.52. The summed E-state index contributed by atoms with van der Waals surface area (Å²) in [5, 5.41) is 5.58. The van der Waals surface area contributed by atoms with E-state index in [9.17, 15) is 4.79 Å². The zero-order valence-electron chi connectivity index (χ0n) is 19.4. The minimum absolute atomic E-state index is 0.0190. The number of ether oxygens (including phenoxy) is 1. The molecule has 0 radical (unpaired) electrons. The van der Waals surface area contributed by atoms with Gasteiger partial charge in [-0.1, -0.05) is 18.2 Å². The topological polar surface area (TPSA) is 128 Å². The minimum Gasteiger partial charge on any atom is -0.457 e. The molecule has 1 amide bonds. The van der Waals surface area contributed by atoms with E-state index in [1.165, 1.54) is 6.33 Å². The van der Waals surface area contributed by atoms with Gasteiger partial charge in [0.15, 0.2) is 5.65 Å². The van der Waals surface area contributed by atoms with Crippen molar-refractivity contribution in [2.75, 3.05) is 18.8 Å². The third-order valence-corrected chi connectivity index (χ3v) is 6.34. The quantitative estimate of drug-likeness (QED) is 0.364. The predicted octanol–water partition coefficient (Wildman–Crippen LogP) is 3.61. The minimum atomic E-state index is 0.0190. The van der Waals surface area contributed by atoms with E-state index in [1.807, 2.05) is 70.4 Å². The zero-order valence-corrected chi connectivity index (χ0v) is 19.4. The summed E-state index contributed by atoms with van der Waals surface area (Å²) < 4.78 is 7.78. The average molecular weight is 481 g/mol. The van der Waals surface area contributed by atoms with Crippen LogP contribution in [0.5, 0.6) is 11.5 Å². The number of aromatic amines is 1. The SMILES string of the molecule is Nc1ncnc2c1c(-c1ccc(Oc3ccccc3)cc1)nn2C1CN(C(=O)CCc2c[nH]cn2)C1. The number of benzene rings is 2. The van der Waals surface area contributed by atoms with Gasteiger partial charge in [0.2, 0.25) is 5.91 Å². The molecule has 6 rings (SSSR count). The van der Waals surface area contributed by atoms with Crippen LogP contribution in [0.4, 0.5) is 5.82 Å². The normalized spacial score (nSPS) is 13.6. The van der Waals surface area contributed by atoms with E-state index < -0.39 is 0 Å². The monoisotopic (exact) mass is 480 g/mol. The van der Waals surface area contributed by atoms with E-state index in [1.54, 1.807) is 6.33 Å². The Morgan fingerprint density at radius 3 is 2.56 bits per heavy atom.